The number of carbonyl (C=O) groups is 1. The summed E-state index contributed by atoms with van der Waals surface area (Å²) in [7, 11) is -3.26. The number of carbonyl (C=O) groups excluding carboxylic acids is 1. The monoisotopic (exact) mass is 380 g/mol. The molecule has 2 atom stereocenters. The fraction of sp³-hybridized carbons (Fsp3) is 0.632. The van der Waals surface area contributed by atoms with Gasteiger partial charge < -0.3 is 10.1 Å². The van der Waals surface area contributed by atoms with E-state index in [0.29, 0.717) is 25.8 Å². The number of sulfonamides is 1. The molecule has 1 amide bonds. The quantitative estimate of drug-likeness (QED) is 0.874. The van der Waals surface area contributed by atoms with Crippen molar-refractivity contribution in [3.05, 3.63) is 29.3 Å². The fourth-order valence-corrected chi connectivity index (χ4v) is 4.76. The van der Waals surface area contributed by atoms with Crippen molar-refractivity contribution in [3.63, 3.8) is 0 Å². The number of benzene rings is 1. The van der Waals surface area contributed by atoms with Crippen molar-refractivity contribution in [2.75, 3.05) is 19.3 Å². The van der Waals surface area contributed by atoms with Gasteiger partial charge in [-0.25, -0.2) is 12.7 Å². The first kappa shape index (κ1) is 19.2. The van der Waals surface area contributed by atoms with Gasteiger partial charge in [0.05, 0.1) is 18.2 Å². The first-order valence-corrected chi connectivity index (χ1v) is 10.9. The molecule has 7 heteroatoms. The van der Waals surface area contributed by atoms with Gasteiger partial charge in [-0.2, -0.15) is 0 Å². The molecular weight excluding hydrogens is 352 g/mol. The van der Waals surface area contributed by atoms with Gasteiger partial charge in [0, 0.05) is 25.1 Å². The van der Waals surface area contributed by atoms with Crippen LogP contribution in [0.5, 0.6) is 5.75 Å². The summed E-state index contributed by atoms with van der Waals surface area (Å²) < 4.78 is 31.1. The minimum Gasteiger partial charge on any atom is -0.487 e. The predicted molar refractivity (Wildman–Crippen MR) is 101 cm³/mol. The molecule has 1 aromatic rings. The Hall–Kier alpha value is -1.60. The van der Waals surface area contributed by atoms with E-state index < -0.39 is 10.0 Å². The van der Waals surface area contributed by atoms with Crippen molar-refractivity contribution in [3.8, 4) is 5.75 Å². The highest BCUT2D eigenvalue weighted by atomic mass is 32.2. The lowest BCUT2D eigenvalue weighted by molar-refractivity contribution is -0.127. The second-order valence-electron chi connectivity index (χ2n) is 8.13. The van der Waals surface area contributed by atoms with Crippen molar-refractivity contribution in [2.24, 2.45) is 5.92 Å². The molecule has 6 nitrogen and oxygen atoms in total. The third-order valence-electron chi connectivity index (χ3n) is 5.16. The number of hydrogen-bond donors (Lipinski definition) is 1. The third-order valence-corrected chi connectivity index (χ3v) is 6.43. The van der Waals surface area contributed by atoms with E-state index in [4.69, 9.17) is 4.74 Å². The lowest BCUT2D eigenvalue weighted by Gasteiger charge is -2.39. The van der Waals surface area contributed by atoms with Crippen LogP contribution in [-0.4, -0.2) is 43.6 Å². The normalized spacial score (nSPS) is 25.8. The number of amides is 1. The van der Waals surface area contributed by atoms with Gasteiger partial charge in [-0.1, -0.05) is 17.7 Å². The zero-order valence-electron chi connectivity index (χ0n) is 15.9. The standard InChI is InChI=1S/C19H28N2O4S/c1-13-7-8-17-15(10-13)16(11-19(2,3)25-17)20-18(22)14-6-5-9-21(12-14)26(4,23)24/h7-8,10,14,16H,5-6,9,11-12H2,1-4H3,(H,20,22)/t14-,16-/m0/s1. The van der Waals surface area contributed by atoms with Crippen LogP contribution in [0.4, 0.5) is 0 Å². The van der Waals surface area contributed by atoms with E-state index in [1.54, 1.807) is 0 Å². The second-order valence-corrected chi connectivity index (χ2v) is 10.1. The Balaban J connectivity index is 1.78. The average molecular weight is 381 g/mol. The Morgan fingerprint density at radius 2 is 2.08 bits per heavy atom. The molecule has 0 spiro atoms. The van der Waals surface area contributed by atoms with Gasteiger partial charge in [0.25, 0.3) is 0 Å². The SMILES string of the molecule is Cc1ccc2c(c1)[C@@H](NC(=O)[C@H]1CCCN(S(C)(=O)=O)C1)CC(C)(C)O2. The largest absolute Gasteiger partial charge is 0.487 e. The summed E-state index contributed by atoms with van der Waals surface area (Å²) in [6, 6.07) is 5.88. The lowest BCUT2D eigenvalue weighted by atomic mass is 9.88. The number of aryl methyl sites for hydroxylation is 1. The van der Waals surface area contributed by atoms with E-state index in [2.05, 4.69) is 11.4 Å². The van der Waals surface area contributed by atoms with Crippen LogP contribution >= 0.6 is 0 Å². The highest BCUT2D eigenvalue weighted by Crippen LogP contribution is 2.40. The van der Waals surface area contributed by atoms with Crippen LogP contribution in [0.25, 0.3) is 0 Å². The zero-order chi connectivity index (χ0) is 19.1. The van der Waals surface area contributed by atoms with Gasteiger partial charge in [-0.05, 0) is 39.7 Å². The minimum absolute atomic E-state index is 0.0755. The molecule has 0 radical (unpaired) electrons. The Bertz CT molecular complexity index is 804. The lowest BCUT2D eigenvalue weighted by Crippen LogP contribution is -2.47. The number of ether oxygens (including phenoxy) is 1. The predicted octanol–water partition coefficient (Wildman–Crippen LogP) is 2.39. The van der Waals surface area contributed by atoms with Crippen molar-refractivity contribution in [1.29, 1.82) is 0 Å². The average Bonchev–Trinajstić information content (AvgIpc) is 2.54. The molecule has 3 rings (SSSR count). The van der Waals surface area contributed by atoms with E-state index in [1.165, 1.54) is 10.6 Å². The summed E-state index contributed by atoms with van der Waals surface area (Å²) in [6.45, 7) is 6.80. The minimum atomic E-state index is -3.26. The molecule has 0 unspecified atom stereocenters. The summed E-state index contributed by atoms with van der Waals surface area (Å²) >= 11 is 0. The highest BCUT2D eigenvalue weighted by Gasteiger charge is 2.37. The van der Waals surface area contributed by atoms with Crippen LogP contribution < -0.4 is 10.1 Å². The molecule has 0 saturated carbocycles. The molecular formula is C19H28N2O4S. The van der Waals surface area contributed by atoms with Gasteiger partial charge in [-0.15, -0.1) is 0 Å². The molecule has 1 saturated heterocycles. The zero-order valence-corrected chi connectivity index (χ0v) is 16.7. The molecule has 1 N–H and O–H groups in total. The van der Waals surface area contributed by atoms with E-state index in [9.17, 15) is 13.2 Å². The molecule has 1 aromatic carbocycles. The highest BCUT2D eigenvalue weighted by molar-refractivity contribution is 7.88. The van der Waals surface area contributed by atoms with E-state index in [0.717, 1.165) is 16.9 Å². The summed E-state index contributed by atoms with van der Waals surface area (Å²) in [5, 5.41) is 3.16. The van der Waals surface area contributed by atoms with Gasteiger partial charge in [0.15, 0.2) is 0 Å². The topological polar surface area (TPSA) is 75.7 Å². The van der Waals surface area contributed by atoms with Crippen molar-refractivity contribution >= 4 is 15.9 Å². The number of piperidine rings is 1. The van der Waals surface area contributed by atoms with Crippen LogP contribution in [-0.2, 0) is 14.8 Å². The number of hydrogen-bond acceptors (Lipinski definition) is 4. The number of nitrogens with one attached hydrogen (secondary N) is 1. The Morgan fingerprint density at radius 1 is 1.35 bits per heavy atom. The maximum atomic E-state index is 12.9. The van der Waals surface area contributed by atoms with Crippen molar-refractivity contribution in [2.45, 2.75) is 51.7 Å². The Kier molecular flexibility index (Phi) is 5.05. The summed E-state index contributed by atoms with van der Waals surface area (Å²) in [5.74, 6) is 0.421. The summed E-state index contributed by atoms with van der Waals surface area (Å²) in [4.78, 5) is 12.9. The molecule has 1 fully saturated rings. The van der Waals surface area contributed by atoms with Crippen LogP contribution in [0.2, 0.25) is 0 Å². The van der Waals surface area contributed by atoms with Crippen LogP contribution in [0.3, 0.4) is 0 Å². The number of fused-ring (bicyclic) bond motifs is 1. The first-order valence-electron chi connectivity index (χ1n) is 9.10. The van der Waals surface area contributed by atoms with Gasteiger partial charge in [0.1, 0.15) is 11.4 Å². The molecule has 0 aromatic heterocycles. The summed E-state index contributed by atoms with van der Waals surface area (Å²) in [5.41, 5.74) is 1.74. The van der Waals surface area contributed by atoms with Crippen LogP contribution in [0.1, 0.15) is 50.3 Å². The molecule has 2 heterocycles. The Morgan fingerprint density at radius 3 is 2.77 bits per heavy atom. The summed E-state index contributed by atoms with van der Waals surface area (Å²) in [6.07, 6.45) is 3.30. The van der Waals surface area contributed by atoms with E-state index in [-0.39, 0.29) is 30.0 Å². The first-order chi connectivity index (χ1) is 12.0. The van der Waals surface area contributed by atoms with Crippen molar-refractivity contribution < 1.29 is 17.9 Å². The smallest absolute Gasteiger partial charge is 0.224 e. The van der Waals surface area contributed by atoms with Crippen LogP contribution in [0.15, 0.2) is 18.2 Å². The Labute approximate surface area is 156 Å². The van der Waals surface area contributed by atoms with Gasteiger partial charge in [-0.3, -0.25) is 4.79 Å². The van der Waals surface area contributed by atoms with Gasteiger partial charge >= 0.3 is 0 Å². The third kappa shape index (κ3) is 4.20. The fourth-order valence-electron chi connectivity index (χ4n) is 3.85. The molecule has 26 heavy (non-hydrogen) atoms. The second kappa shape index (κ2) is 6.85. The maximum absolute atomic E-state index is 12.9. The number of nitrogens with zero attached hydrogens (tertiary/aromatic N) is 1. The molecule has 144 valence electrons. The number of rotatable bonds is 3. The van der Waals surface area contributed by atoms with Crippen molar-refractivity contribution in [1.82, 2.24) is 9.62 Å². The van der Waals surface area contributed by atoms with E-state index >= 15 is 0 Å². The molecule has 0 bridgehead atoms. The van der Waals surface area contributed by atoms with E-state index in [1.807, 2.05) is 32.9 Å². The molecule has 0 aliphatic carbocycles. The van der Waals surface area contributed by atoms with Gasteiger partial charge in [0.2, 0.25) is 15.9 Å². The van der Waals surface area contributed by atoms with Crippen LogP contribution in [0, 0.1) is 12.8 Å². The molecule has 2 aliphatic heterocycles. The molecule has 2 aliphatic rings. The maximum Gasteiger partial charge on any atom is 0.224 e.